The molecule has 2 aromatic rings. The van der Waals surface area contributed by atoms with Gasteiger partial charge in [0.2, 0.25) is 0 Å². The van der Waals surface area contributed by atoms with E-state index in [1.807, 2.05) is 38.1 Å². The van der Waals surface area contributed by atoms with Crippen LogP contribution in [0.3, 0.4) is 0 Å². The molecule has 1 aromatic heterocycles. The minimum absolute atomic E-state index is 0.437. The summed E-state index contributed by atoms with van der Waals surface area (Å²) >= 11 is 3.41. The zero-order valence-electron chi connectivity index (χ0n) is 9.53. The normalized spacial score (nSPS) is 10.0. The van der Waals surface area contributed by atoms with E-state index in [-0.39, 0.29) is 0 Å². The van der Waals surface area contributed by atoms with Crippen molar-refractivity contribution in [2.75, 3.05) is 0 Å². The molecule has 84 valence electrons. The van der Waals surface area contributed by atoms with Gasteiger partial charge >= 0.3 is 0 Å². The summed E-state index contributed by atoms with van der Waals surface area (Å²) in [6.45, 7) is 3.75. The van der Waals surface area contributed by atoms with Crippen LogP contribution in [0.2, 0.25) is 0 Å². The summed E-state index contributed by atoms with van der Waals surface area (Å²) in [6, 6.07) is 9.82. The van der Waals surface area contributed by atoms with Crippen molar-refractivity contribution in [2.45, 2.75) is 13.8 Å². The highest BCUT2D eigenvalue weighted by molar-refractivity contribution is 9.10. The third-order valence-electron chi connectivity index (χ3n) is 2.58. The molecule has 0 spiro atoms. The van der Waals surface area contributed by atoms with Crippen LogP contribution in [-0.4, -0.2) is 9.97 Å². The van der Waals surface area contributed by atoms with Crippen LogP contribution in [0.5, 0.6) is 0 Å². The summed E-state index contributed by atoms with van der Waals surface area (Å²) in [5, 5.41) is 9.02. The summed E-state index contributed by atoms with van der Waals surface area (Å²) in [7, 11) is 0. The van der Waals surface area contributed by atoms with Crippen molar-refractivity contribution in [3.05, 3.63) is 45.7 Å². The quantitative estimate of drug-likeness (QED) is 0.808. The number of rotatable bonds is 1. The Morgan fingerprint density at radius 1 is 1.24 bits per heavy atom. The van der Waals surface area contributed by atoms with Crippen molar-refractivity contribution in [3.63, 3.8) is 0 Å². The van der Waals surface area contributed by atoms with E-state index in [1.165, 1.54) is 0 Å². The Labute approximate surface area is 108 Å². The molecule has 0 saturated carbocycles. The lowest BCUT2D eigenvalue weighted by molar-refractivity contribution is 1.05. The Morgan fingerprint density at radius 3 is 2.65 bits per heavy atom. The molecule has 2 rings (SSSR count). The summed E-state index contributed by atoms with van der Waals surface area (Å²) < 4.78 is 0.968. The van der Waals surface area contributed by atoms with E-state index in [2.05, 4.69) is 32.0 Å². The van der Waals surface area contributed by atoms with Gasteiger partial charge in [-0.25, -0.2) is 9.97 Å². The van der Waals surface area contributed by atoms with Crippen molar-refractivity contribution in [1.29, 1.82) is 5.26 Å². The first-order valence-electron chi connectivity index (χ1n) is 5.13. The molecule has 0 saturated heterocycles. The van der Waals surface area contributed by atoms with Gasteiger partial charge in [0.05, 0.1) is 0 Å². The van der Waals surface area contributed by atoms with Gasteiger partial charge in [-0.3, -0.25) is 0 Å². The highest BCUT2D eigenvalue weighted by Gasteiger charge is 2.09. The molecule has 0 unspecified atom stereocenters. The number of hydrogen-bond acceptors (Lipinski definition) is 3. The first kappa shape index (κ1) is 11.7. The highest BCUT2D eigenvalue weighted by atomic mass is 79.9. The van der Waals surface area contributed by atoms with Gasteiger partial charge in [-0.2, -0.15) is 5.26 Å². The zero-order chi connectivity index (χ0) is 12.4. The van der Waals surface area contributed by atoms with Crippen LogP contribution >= 0.6 is 15.9 Å². The first-order chi connectivity index (χ1) is 8.11. The molecule has 0 N–H and O–H groups in total. The fourth-order valence-electron chi connectivity index (χ4n) is 1.49. The fraction of sp³-hybridized carbons (Fsp3) is 0.154. The number of benzene rings is 1. The Kier molecular flexibility index (Phi) is 3.21. The third-order valence-corrected chi connectivity index (χ3v) is 3.07. The van der Waals surface area contributed by atoms with Crippen LogP contribution in [0, 0.1) is 25.2 Å². The molecule has 0 aliphatic rings. The van der Waals surface area contributed by atoms with Crippen LogP contribution in [0.4, 0.5) is 0 Å². The summed E-state index contributed by atoms with van der Waals surface area (Å²) in [4.78, 5) is 8.68. The van der Waals surface area contributed by atoms with Crippen LogP contribution in [-0.2, 0) is 0 Å². The van der Waals surface area contributed by atoms with E-state index < -0.39 is 0 Å². The molecule has 17 heavy (non-hydrogen) atoms. The number of aryl methyl sites for hydroxylation is 1. The van der Waals surface area contributed by atoms with E-state index in [0.717, 1.165) is 21.3 Å². The molecular formula is C13H10BrN3. The van der Waals surface area contributed by atoms with Gasteiger partial charge < -0.3 is 0 Å². The Hall–Kier alpha value is -1.73. The summed E-state index contributed by atoms with van der Waals surface area (Å²) in [5.41, 5.74) is 3.02. The van der Waals surface area contributed by atoms with Crippen molar-refractivity contribution < 1.29 is 0 Å². The molecule has 1 aromatic carbocycles. The molecule has 0 aliphatic heterocycles. The fourth-order valence-corrected chi connectivity index (χ4v) is 1.89. The van der Waals surface area contributed by atoms with Gasteiger partial charge in [0.25, 0.3) is 0 Å². The lowest BCUT2D eigenvalue weighted by Gasteiger charge is -2.06. The number of hydrogen-bond donors (Lipinski definition) is 0. The monoisotopic (exact) mass is 287 g/mol. The number of nitriles is 1. The average Bonchev–Trinajstić information content (AvgIpc) is 2.32. The second-order valence-electron chi connectivity index (χ2n) is 3.73. The molecule has 0 amide bonds. The van der Waals surface area contributed by atoms with Crippen molar-refractivity contribution in [2.24, 2.45) is 0 Å². The second kappa shape index (κ2) is 4.64. The lowest BCUT2D eigenvalue weighted by atomic mass is 10.1. The lowest BCUT2D eigenvalue weighted by Crippen LogP contribution is -1.99. The molecule has 0 aliphatic carbocycles. The number of halogens is 1. The van der Waals surface area contributed by atoms with E-state index in [1.54, 1.807) is 0 Å². The van der Waals surface area contributed by atoms with Gasteiger partial charge in [-0.05, 0) is 26.0 Å². The molecule has 0 atom stereocenters. The molecule has 0 radical (unpaired) electrons. The predicted molar refractivity (Wildman–Crippen MR) is 69.4 cm³/mol. The molecule has 1 heterocycles. The van der Waals surface area contributed by atoms with E-state index in [4.69, 9.17) is 5.26 Å². The van der Waals surface area contributed by atoms with Crippen molar-refractivity contribution in [1.82, 2.24) is 9.97 Å². The van der Waals surface area contributed by atoms with Crippen molar-refractivity contribution >= 4 is 15.9 Å². The molecule has 4 heteroatoms. The Bertz CT molecular complexity index is 615. The summed E-state index contributed by atoms with van der Waals surface area (Å²) in [5.74, 6) is 0.589. The van der Waals surface area contributed by atoms with E-state index in [0.29, 0.717) is 11.5 Å². The number of aromatic nitrogens is 2. The number of nitrogens with zero attached hydrogens (tertiary/aromatic N) is 3. The average molecular weight is 288 g/mol. The summed E-state index contributed by atoms with van der Waals surface area (Å²) in [6.07, 6.45) is 0. The molecule has 0 fully saturated rings. The Balaban J connectivity index is 2.62. The smallest absolute Gasteiger partial charge is 0.160 e. The van der Waals surface area contributed by atoms with Crippen LogP contribution < -0.4 is 0 Å². The molecular weight excluding hydrogens is 278 g/mol. The minimum atomic E-state index is 0.437. The van der Waals surface area contributed by atoms with Crippen LogP contribution in [0.1, 0.15) is 17.0 Å². The van der Waals surface area contributed by atoms with Crippen molar-refractivity contribution in [3.8, 4) is 17.5 Å². The van der Waals surface area contributed by atoms with Gasteiger partial charge in [0.1, 0.15) is 11.8 Å². The maximum atomic E-state index is 9.02. The first-order valence-corrected chi connectivity index (χ1v) is 5.92. The highest BCUT2D eigenvalue weighted by Crippen LogP contribution is 2.21. The van der Waals surface area contributed by atoms with Crippen LogP contribution in [0.15, 0.2) is 28.7 Å². The van der Waals surface area contributed by atoms with Gasteiger partial charge in [0.15, 0.2) is 5.82 Å². The van der Waals surface area contributed by atoms with Gasteiger partial charge in [-0.1, -0.05) is 28.1 Å². The predicted octanol–water partition coefficient (Wildman–Crippen LogP) is 3.39. The SMILES string of the molecule is Cc1nc(-c2cccc(Br)c2)nc(C#N)c1C. The minimum Gasteiger partial charge on any atom is -0.233 e. The molecule has 0 bridgehead atoms. The Morgan fingerprint density at radius 2 is 2.00 bits per heavy atom. The van der Waals surface area contributed by atoms with E-state index in [9.17, 15) is 0 Å². The van der Waals surface area contributed by atoms with Crippen LogP contribution in [0.25, 0.3) is 11.4 Å². The van der Waals surface area contributed by atoms with E-state index >= 15 is 0 Å². The van der Waals surface area contributed by atoms with Gasteiger partial charge in [0, 0.05) is 21.3 Å². The topological polar surface area (TPSA) is 49.6 Å². The molecule has 3 nitrogen and oxygen atoms in total. The van der Waals surface area contributed by atoms with Gasteiger partial charge in [-0.15, -0.1) is 0 Å². The third kappa shape index (κ3) is 2.34. The maximum Gasteiger partial charge on any atom is 0.160 e. The zero-order valence-corrected chi connectivity index (χ0v) is 11.1. The standard InChI is InChI=1S/C13H10BrN3/c1-8-9(2)16-13(17-12(8)7-15)10-4-3-5-11(14)6-10/h3-6H,1-2H3. The largest absolute Gasteiger partial charge is 0.233 e. The second-order valence-corrected chi connectivity index (χ2v) is 4.64. The maximum absolute atomic E-state index is 9.02.